The number of benzene rings is 3. The van der Waals surface area contributed by atoms with Gasteiger partial charge in [0.1, 0.15) is 0 Å². The van der Waals surface area contributed by atoms with Gasteiger partial charge >= 0.3 is 0 Å². The van der Waals surface area contributed by atoms with Crippen molar-refractivity contribution in [1.29, 1.82) is 0 Å². The highest BCUT2D eigenvalue weighted by Crippen LogP contribution is 2.30. The van der Waals surface area contributed by atoms with Crippen molar-refractivity contribution in [2.75, 3.05) is 10.6 Å². The Morgan fingerprint density at radius 3 is 2.29 bits per heavy atom. The molecule has 0 aliphatic heterocycles. The summed E-state index contributed by atoms with van der Waals surface area (Å²) in [5.74, 6) is -0.303. The van der Waals surface area contributed by atoms with Crippen LogP contribution in [0.15, 0.2) is 71.6 Å². The largest absolute Gasteiger partial charge is 0.325 e. The molecule has 1 unspecified atom stereocenters. The van der Waals surface area contributed by atoms with Gasteiger partial charge in [-0.2, -0.15) is 0 Å². The van der Waals surface area contributed by atoms with Crippen LogP contribution in [0.25, 0.3) is 0 Å². The van der Waals surface area contributed by atoms with Crippen LogP contribution in [0.4, 0.5) is 11.4 Å². The quantitative estimate of drug-likeness (QED) is 0.361. The summed E-state index contributed by atoms with van der Waals surface area (Å²) in [5, 5.41) is 6.40. The molecule has 3 aromatic rings. The van der Waals surface area contributed by atoms with Crippen molar-refractivity contribution < 1.29 is 9.59 Å². The summed E-state index contributed by atoms with van der Waals surface area (Å²) in [4.78, 5) is 26.2. The first-order valence-corrected chi connectivity index (χ1v) is 11.4. The van der Waals surface area contributed by atoms with Gasteiger partial charge in [-0.1, -0.05) is 54.4 Å². The van der Waals surface area contributed by atoms with Crippen LogP contribution in [-0.4, -0.2) is 17.1 Å². The number of aryl methyl sites for hydroxylation is 1. The second-order valence-electron chi connectivity index (χ2n) is 6.96. The van der Waals surface area contributed by atoms with Crippen molar-refractivity contribution >= 4 is 58.2 Å². The molecule has 1 atom stereocenters. The number of hydrogen-bond acceptors (Lipinski definition) is 3. The van der Waals surface area contributed by atoms with Crippen LogP contribution in [0.1, 0.15) is 29.3 Å². The lowest BCUT2D eigenvalue weighted by molar-refractivity contribution is -0.115. The maximum absolute atomic E-state index is 12.8. The summed E-state index contributed by atoms with van der Waals surface area (Å²) in [5.41, 5.74) is 2.77. The van der Waals surface area contributed by atoms with E-state index in [0.29, 0.717) is 33.4 Å². The predicted octanol–water partition coefficient (Wildman–Crippen LogP) is 7.06. The van der Waals surface area contributed by atoms with Gasteiger partial charge in [-0.05, 0) is 61.4 Å². The molecule has 0 aliphatic rings. The maximum atomic E-state index is 12.8. The Morgan fingerprint density at radius 1 is 0.903 bits per heavy atom. The summed E-state index contributed by atoms with van der Waals surface area (Å²) in [6, 6.07) is 19.8. The van der Waals surface area contributed by atoms with Gasteiger partial charge in [0.05, 0.1) is 5.25 Å². The minimum absolute atomic E-state index is 0.139. The highest BCUT2D eigenvalue weighted by molar-refractivity contribution is 8.00. The fraction of sp³-hybridized carbons (Fsp3) is 0.167. The zero-order valence-electron chi connectivity index (χ0n) is 17.1. The average molecular weight is 473 g/mol. The molecule has 0 bridgehead atoms. The molecule has 3 rings (SSSR count). The third-order valence-electron chi connectivity index (χ3n) is 4.55. The molecule has 2 amide bonds. The van der Waals surface area contributed by atoms with Gasteiger partial charge in [0.25, 0.3) is 5.91 Å². The Balaban J connectivity index is 1.69. The van der Waals surface area contributed by atoms with Crippen molar-refractivity contribution in [3.05, 3.63) is 87.9 Å². The molecule has 0 heterocycles. The molecular weight excluding hydrogens is 451 g/mol. The van der Waals surface area contributed by atoms with Crippen LogP contribution in [0.5, 0.6) is 0 Å². The molecule has 0 fully saturated rings. The molecule has 31 heavy (non-hydrogen) atoms. The third-order valence-corrected chi connectivity index (χ3v) is 6.35. The Morgan fingerprint density at radius 2 is 1.61 bits per heavy atom. The minimum atomic E-state index is -0.319. The number of rotatable bonds is 7. The SMILES string of the molecule is CCC(Sc1cccc(NC(=O)c2ccccc2C)c1)C(=O)Nc1cc(Cl)cc(Cl)c1. The lowest BCUT2D eigenvalue weighted by atomic mass is 10.1. The van der Waals surface area contributed by atoms with Crippen molar-refractivity contribution in [3.63, 3.8) is 0 Å². The first kappa shape index (κ1) is 23.2. The zero-order chi connectivity index (χ0) is 22.4. The summed E-state index contributed by atoms with van der Waals surface area (Å²) in [6.45, 7) is 3.85. The van der Waals surface area contributed by atoms with Gasteiger partial charge in [0, 0.05) is 31.9 Å². The van der Waals surface area contributed by atoms with E-state index >= 15 is 0 Å². The Labute approximate surface area is 196 Å². The van der Waals surface area contributed by atoms with E-state index in [4.69, 9.17) is 23.2 Å². The van der Waals surface area contributed by atoms with E-state index in [1.165, 1.54) is 11.8 Å². The van der Waals surface area contributed by atoms with Gasteiger partial charge in [0.2, 0.25) is 5.91 Å². The topological polar surface area (TPSA) is 58.2 Å². The van der Waals surface area contributed by atoms with E-state index in [2.05, 4.69) is 10.6 Å². The number of halogens is 2. The first-order valence-electron chi connectivity index (χ1n) is 9.76. The summed E-state index contributed by atoms with van der Waals surface area (Å²) in [7, 11) is 0. The Bertz CT molecular complexity index is 1080. The number of hydrogen-bond donors (Lipinski definition) is 2. The summed E-state index contributed by atoms with van der Waals surface area (Å²) in [6.07, 6.45) is 0.630. The van der Waals surface area contributed by atoms with E-state index in [1.807, 2.05) is 56.3 Å². The third kappa shape index (κ3) is 6.50. The van der Waals surface area contributed by atoms with Crippen molar-refractivity contribution in [3.8, 4) is 0 Å². The van der Waals surface area contributed by atoms with Crippen molar-refractivity contribution in [2.45, 2.75) is 30.4 Å². The first-order chi connectivity index (χ1) is 14.9. The molecule has 0 saturated heterocycles. The lowest BCUT2D eigenvalue weighted by Gasteiger charge is -2.16. The maximum Gasteiger partial charge on any atom is 0.255 e. The van der Waals surface area contributed by atoms with Crippen LogP contribution < -0.4 is 10.6 Å². The van der Waals surface area contributed by atoms with Gasteiger partial charge in [0.15, 0.2) is 0 Å². The number of nitrogens with one attached hydrogen (secondary N) is 2. The smallest absolute Gasteiger partial charge is 0.255 e. The van der Waals surface area contributed by atoms with E-state index in [9.17, 15) is 9.59 Å². The highest BCUT2D eigenvalue weighted by Gasteiger charge is 2.19. The Hall–Kier alpha value is -2.47. The summed E-state index contributed by atoms with van der Waals surface area (Å²) < 4.78 is 0. The normalized spacial score (nSPS) is 11.6. The van der Waals surface area contributed by atoms with Crippen molar-refractivity contribution in [1.82, 2.24) is 0 Å². The zero-order valence-corrected chi connectivity index (χ0v) is 19.4. The average Bonchev–Trinajstić information content (AvgIpc) is 2.71. The molecule has 160 valence electrons. The molecule has 0 spiro atoms. The van der Waals surface area contributed by atoms with E-state index in [0.717, 1.165) is 10.5 Å². The molecule has 7 heteroatoms. The van der Waals surface area contributed by atoms with Crippen LogP contribution in [0.3, 0.4) is 0 Å². The van der Waals surface area contributed by atoms with Gasteiger partial charge in [-0.25, -0.2) is 0 Å². The number of amides is 2. The predicted molar refractivity (Wildman–Crippen MR) is 131 cm³/mol. The van der Waals surface area contributed by atoms with Gasteiger partial charge < -0.3 is 10.6 Å². The van der Waals surface area contributed by atoms with Crippen LogP contribution in [-0.2, 0) is 4.79 Å². The highest BCUT2D eigenvalue weighted by atomic mass is 35.5. The number of anilines is 2. The number of thioether (sulfide) groups is 1. The van der Waals surface area contributed by atoms with Gasteiger partial charge in [-0.15, -0.1) is 11.8 Å². The van der Waals surface area contributed by atoms with Gasteiger partial charge in [-0.3, -0.25) is 9.59 Å². The number of carbonyl (C=O) groups excluding carboxylic acids is 2. The van der Waals surface area contributed by atoms with Crippen LogP contribution in [0.2, 0.25) is 10.0 Å². The molecule has 0 saturated carbocycles. The molecule has 0 aliphatic carbocycles. The molecule has 4 nitrogen and oxygen atoms in total. The minimum Gasteiger partial charge on any atom is -0.325 e. The molecular formula is C24H22Cl2N2O2S. The molecule has 3 aromatic carbocycles. The van der Waals surface area contributed by atoms with Crippen molar-refractivity contribution in [2.24, 2.45) is 0 Å². The lowest BCUT2D eigenvalue weighted by Crippen LogP contribution is -2.24. The molecule has 2 N–H and O–H groups in total. The molecule has 0 aromatic heterocycles. The Kier molecular flexibility index (Phi) is 8.02. The second kappa shape index (κ2) is 10.7. The van der Waals surface area contributed by atoms with E-state index < -0.39 is 0 Å². The van der Waals surface area contributed by atoms with E-state index in [1.54, 1.807) is 24.3 Å². The monoisotopic (exact) mass is 472 g/mol. The molecule has 0 radical (unpaired) electrons. The fourth-order valence-corrected chi connectivity index (χ4v) is 4.55. The fourth-order valence-electron chi connectivity index (χ4n) is 3.01. The van der Waals surface area contributed by atoms with Crippen LogP contribution in [0, 0.1) is 6.92 Å². The van der Waals surface area contributed by atoms with Crippen LogP contribution >= 0.6 is 35.0 Å². The second-order valence-corrected chi connectivity index (χ2v) is 9.11. The summed E-state index contributed by atoms with van der Waals surface area (Å²) >= 11 is 13.5. The van der Waals surface area contributed by atoms with E-state index in [-0.39, 0.29) is 17.1 Å². The number of carbonyl (C=O) groups is 2. The standard InChI is InChI=1S/C24H22Cl2N2O2S/c1-3-22(24(30)28-19-12-16(25)11-17(26)13-19)31-20-9-6-8-18(14-20)27-23(29)21-10-5-4-7-15(21)2/h4-14,22H,3H2,1-2H3,(H,27,29)(H,28,30).